The first kappa shape index (κ1) is 30.8. The van der Waals surface area contributed by atoms with Gasteiger partial charge in [-0.3, -0.25) is 4.57 Å². The predicted octanol–water partition coefficient (Wildman–Crippen LogP) is 7.53. The van der Waals surface area contributed by atoms with Gasteiger partial charge in [0.05, 0.1) is 11.0 Å². The Balaban J connectivity index is 0.00000348. The van der Waals surface area contributed by atoms with E-state index < -0.39 is 0 Å². The van der Waals surface area contributed by atoms with Crippen molar-refractivity contribution >= 4 is 54.3 Å². The van der Waals surface area contributed by atoms with Gasteiger partial charge in [-0.1, -0.05) is 115 Å². The fourth-order valence-corrected chi connectivity index (χ4v) is 7.67. The van der Waals surface area contributed by atoms with E-state index in [1.165, 1.54) is 5.39 Å². The summed E-state index contributed by atoms with van der Waals surface area (Å²) in [5.41, 5.74) is 8.77. The average molecular weight is 647 g/mol. The van der Waals surface area contributed by atoms with Gasteiger partial charge in [-0.25, -0.2) is 9.97 Å². The Labute approximate surface area is 306 Å². The van der Waals surface area contributed by atoms with E-state index in [1.807, 2.05) is 48.7 Å². The summed E-state index contributed by atoms with van der Waals surface area (Å²) >= 11 is 0. The van der Waals surface area contributed by atoms with Gasteiger partial charge < -0.3 is 5.11 Å². The summed E-state index contributed by atoms with van der Waals surface area (Å²) in [6.45, 7) is 0. The summed E-state index contributed by atoms with van der Waals surface area (Å²) in [5.74, 6) is 0.923. The molecule has 2 aromatic heterocycles. The summed E-state index contributed by atoms with van der Waals surface area (Å²) in [6, 6.07) is 56.9. The molecule has 4 nitrogen and oxygen atoms in total. The molecule has 0 fully saturated rings. The molecule has 8 aromatic carbocycles. The van der Waals surface area contributed by atoms with Crippen LogP contribution < -0.4 is 29.0 Å². The van der Waals surface area contributed by atoms with E-state index in [0.717, 1.165) is 77.1 Å². The van der Waals surface area contributed by atoms with Crippen molar-refractivity contribution in [3.05, 3.63) is 170 Å². The summed E-state index contributed by atoms with van der Waals surface area (Å²) in [6.07, 6.45) is 1.82. The van der Waals surface area contributed by atoms with Gasteiger partial charge in [0.2, 0.25) is 5.52 Å². The van der Waals surface area contributed by atoms with Gasteiger partial charge in [0.25, 0.3) is 0 Å². The molecule has 51 heavy (non-hydrogen) atoms. The zero-order valence-corrected chi connectivity index (χ0v) is 28.0. The molecular formula is C46H29LiN3O+. The predicted molar refractivity (Wildman–Crippen MR) is 203 cm³/mol. The van der Waals surface area contributed by atoms with Crippen LogP contribution in [0, 0.1) is 0 Å². The normalized spacial score (nSPS) is 11.5. The van der Waals surface area contributed by atoms with Crippen LogP contribution in [0.2, 0.25) is 0 Å². The summed E-state index contributed by atoms with van der Waals surface area (Å²) in [4.78, 5) is 8.26. The molecule has 0 aliphatic rings. The number of hydrogen-bond donors (Lipinski definition) is 0. The molecule has 234 valence electrons. The minimum absolute atomic E-state index is 0. The van der Waals surface area contributed by atoms with E-state index in [-0.39, 0.29) is 24.6 Å². The third-order valence-corrected chi connectivity index (χ3v) is 9.99. The Morgan fingerprint density at radius 2 is 1.24 bits per heavy atom. The second-order valence-corrected chi connectivity index (χ2v) is 12.8. The first-order valence-corrected chi connectivity index (χ1v) is 16.8. The number of para-hydroxylation sites is 3. The second-order valence-electron chi connectivity index (χ2n) is 12.8. The zero-order chi connectivity index (χ0) is 33.2. The molecule has 0 saturated heterocycles. The maximum Gasteiger partial charge on any atom is 1.00 e. The van der Waals surface area contributed by atoms with Crippen LogP contribution >= 0.6 is 0 Å². The molecule has 5 heteroatoms. The Bertz CT molecular complexity index is 2930. The molecule has 0 bridgehead atoms. The van der Waals surface area contributed by atoms with Crippen LogP contribution in [0.3, 0.4) is 0 Å². The maximum absolute atomic E-state index is 14.0. The third kappa shape index (κ3) is 4.92. The van der Waals surface area contributed by atoms with Crippen LogP contribution in [0.15, 0.2) is 170 Å². The number of H-pyrrole nitrogens is 1. The van der Waals surface area contributed by atoms with Gasteiger partial charge in [0.1, 0.15) is 5.82 Å². The van der Waals surface area contributed by atoms with Crippen molar-refractivity contribution in [3.63, 3.8) is 0 Å². The van der Waals surface area contributed by atoms with Crippen LogP contribution in [-0.4, -0.2) is 9.55 Å². The van der Waals surface area contributed by atoms with Crippen molar-refractivity contribution in [3.8, 4) is 45.1 Å². The molecule has 0 spiro atoms. The van der Waals surface area contributed by atoms with E-state index in [4.69, 9.17) is 4.98 Å². The monoisotopic (exact) mass is 646 g/mol. The number of imidazole rings is 1. The largest absolute Gasteiger partial charge is 1.00 e. The number of nitrogens with one attached hydrogen (secondary N) is 1. The Morgan fingerprint density at radius 1 is 0.510 bits per heavy atom. The molecule has 0 atom stereocenters. The van der Waals surface area contributed by atoms with Crippen LogP contribution in [0.4, 0.5) is 0 Å². The van der Waals surface area contributed by atoms with E-state index in [0.29, 0.717) is 11.1 Å². The molecule has 0 amide bonds. The van der Waals surface area contributed by atoms with Crippen molar-refractivity contribution in [1.29, 1.82) is 0 Å². The SMILES string of the molecule is [Li+].[O-]c1c(-c2c3ccccc3cc3c2ccc2c(-c4ccc(-c5nc6ccccc6n5-c5ccccc5)cc4)cccc23)ccc2ccc[nH+]c12. The smallest absolute Gasteiger partial charge is 0.868 e. The topological polar surface area (TPSA) is 55.0 Å². The standard InChI is InChI=1S/C46H29N3O.Li/c50-45-39(24-23-30-11-9-27-47-44(30)45)43-35-14-5-4-10-32(35)28-40-36-16-8-15-34(37(36)25-26-38(40)43)29-19-21-31(22-20-29)46-48-41-17-6-7-18-42(41)49(46)33-12-2-1-3-13-33;/h1-28,50H;/q;+1. The summed E-state index contributed by atoms with van der Waals surface area (Å²) in [7, 11) is 0. The van der Waals surface area contributed by atoms with Crippen molar-refractivity contribution in [2.45, 2.75) is 0 Å². The number of benzene rings is 8. The molecular weight excluding hydrogens is 617 g/mol. The average Bonchev–Trinajstić information content (AvgIpc) is 3.57. The van der Waals surface area contributed by atoms with Gasteiger partial charge in [-0.15, -0.1) is 0 Å². The molecule has 0 aliphatic heterocycles. The Kier molecular flexibility index (Phi) is 7.44. The van der Waals surface area contributed by atoms with Gasteiger partial charge in [-0.05, 0) is 103 Å². The van der Waals surface area contributed by atoms with E-state index in [1.54, 1.807) is 0 Å². The summed E-state index contributed by atoms with van der Waals surface area (Å²) in [5, 5.41) is 21.6. The number of aromatic amines is 1. The zero-order valence-electron chi connectivity index (χ0n) is 28.0. The number of fused-ring (bicyclic) bond motifs is 6. The van der Waals surface area contributed by atoms with Crippen LogP contribution in [0.25, 0.3) is 93.6 Å². The van der Waals surface area contributed by atoms with Crippen molar-refractivity contribution < 1.29 is 29.0 Å². The van der Waals surface area contributed by atoms with Crippen LogP contribution in [0.5, 0.6) is 5.75 Å². The van der Waals surface area contributed by atoms with Crippen molar-refractivity contribution in [2.75, 3.05) is 0 Å². The first-order chi connectivity index (χ1) is 24.7. The Morgan fingerprint density at radius 3 is 2.12 bits per heavy atom. The molecule has 0 saturated carbocycles. The quantitative estimate of drug-likeness (QED) is 0.113. The molecule has 0 unspecified atom stereocenters. The molecule has 1 N–H and O–H groups in total. The number of hydrogen-bond acceptors (Lipinski definition) is 2. The Hall–Kier alpha value is -6.18. The van der Waals surface area contributed by atoms with Gasteiger partial charge >= 0.3 is 18.9 Å². The first-order valence-electron chi connectivity index (χ1n) is 16.8. The number of nitrogens with zero attached hydrogens (tertiary/aromatic N) is 2. The molecule has 10 aromatic rings. The molecule has 10 rings (SSSR count). The third-order valence-electron chi connectivity index (χ3n) is 9.99. The van der Waals surface area contributed by atoms with Gasteiger partial charge in [-0.2, -0.15) is 0 Å². The second kappa shape index (κ2) is 12.3. The minimum Gasteiger partial charge on any atom is -0.868 e. The molecule has 0 radical (unpaired) electrons. The van der Waals surface area contributed by atoms with Crippen LogP contribution in [0.1, 0.15) is 0 Å². The number of rotatable bonds is 4. The molecule has 0 aliphatic carbocycles. The van der Waals surface area contributed by atoms with Crippen molar-refractivity contribution in [2.24, 2.45) is 0 Å². The summed E-state index contributed by atoms with van der Waals surface area (Å²) < 4.78 is 2.23. The minimum atomic E-state index is 0. The maximum atomic E-state index is 14.0. The van der Waals surface area contributed by atoms with Gasteiger partial charge in [0, 0.05) is 22.7 Å². The van der Waals surface area contributed by atoms with Crippen molar-refractivity contribution in [1.82, 2.24) is 9.55 Å². The van der Waals surface area contributed by atoms with Crippen LogP contribution in [-0.2, 0) is 0 Å². The number of pyridine rings is 1. The molecule has 2 heterocycles. The van der Waals surface area contributed by atoms with E-state index >= 15 is 0 Å². The number of aromatic nitrogens is 3. The van der Waals surface area contributed by atoms with E-state index in [2.05, 4.69) is 131 Å². The fraction of sp³-hybridized carbons (Fsp3) is 0. The van der Waals surface area contributed by atoms with E-state index in [9.17, 15) is 5.11 Å². The fourth-order valence-electron chi connectivity index (χ4n) is 7.67. The van der Waals surface area contributed by atoms with Gasteiger partial charge in [0.15, 0.2) is 6.20 Å².